The van der Waals surface area contributed by atoms with Crippen LogP contribution in [0.1, 0.15) is 95.8 Å². The standard InChI is InChI=1S/C34H46O8/c1-10-19-38-29-23(11-2)20-24(12-3)30(40-22-42-32(37)34(7,8)9)27(29)17-18-28(35)25-13-15-26(16-14-25)39-21-41-31(36)33(4,5)6/h13-18,20H,10-12,19,21-22H2,1-9H3. The van der Waals surface area contributed by atoms with E-state index in [1.807, 2.05) is 26.8 Å². The Morgan fingerprint density at radius 1 is 0.714 bits per heavy atom. The van der Waals surface area contributed by atoms with Gasteiger partial charge < -0.3 is 23.7 Å². The molecule has 2 aromatic carbocycles. The molecule has 0 aliphatic heterocycles. The second-order valence-corrected chi connectivity index (χ2v) is 11.9. The van der Waals surface area contributed by atoms with Crippen LogP contribution in [0.5, 0.6) is 17.2 Å². The minimum Gasteiger partial charge on any atom is -0.493 e. The molecular formula is C34H46O8. The molecule has 0 saturated heterocycles. The highest BCUT2D eigenvalue weighted by atomic mass is 16.7. The first-order valence-corrected chi connectivity index (χ1v) is 14.5. The number of benzene rings is 2. The van der Waals surface area contributed by atoms with Crippen LogP contribution < -0.4 is 14.2 Å². The van der Waals surface area contributed by atoms with E-state index in [4.69, 9.17) is 23.7 Å². The zero-order valence-electron chi connectivity index (χ0n) is 26.6. The number of rotatable bonds is 14. The lowest BCUT2D eigenvalue weighted by molar-refractivity contribution is -0.160. The van der Waals surface area contributed by atoms with Crippen LogP contribution in [0, 0.1) is 10.8 Å². The lowest BCUT2D eigenvalue weighted by Gasteiger charge is -2.21. The van der Waals surface area contributed by atoms with E-state index in [-0.39, 0.29) is 31.3 Å². The molecule has 42 heavy (non-hydrogen) atoms. The summed E-state index contributed by atoms with van der Waals surface area (Å²) in [4.78, 5) is 37.4. The predicted octanol–water partition coefficient (Wildman–Crippen LogP) is 7.35. The van der Waals surface area contributed by atoms with Crippen molar-refractivity contribution in [3.8, 4) is 17.2 Å². The summed E-state index contributed by atoms with van der Waals surface area (Å²) in [5.74, 6) is 0.658. The van der Waals surface area contributed by atoms with Gasteiger partial charge in [0.25, 0.3) is 0 Å². The molecule has 0 spiro atoms. The van der Waals surface area contributed by atoms with E-state index in [0.717, 1.165) is 24.0 Å². The van der Waals surface area contributed by atoms with E-state index in [9.17, 15) is 14.4 Å². The molecular weight excluding hydrogens is 536 g/mol. The van der Waals surface area contributed by atoms with Gasteiger partial charge in [-0.1, -0.05) is 20.8 Å². The van der Waals surface area contributed by atoms with Crippen LogP contribution in [0.4, 0.5) is 0 Å². The fourth-order valence-corrected chi connectivity index (χ4v) is 3.71. The number of ketones is 1. The van der Waals surface area contributed by atoms with Crippen molar-refractivity contribution >= 4 is 23.8 Å². The molecule has 0 aliphatic carbocycles. The maximum Gasteiger partial charge on any atom is 0.314 e. The molecule has 0 heterocycles. The number of aryl methyl sites for hydroxylation is 2. The monoisotopic (exact) mass is 582 g/mol. The fourth-order valence-electron chi connectivity index (χ4n) is 3.71. The molecule has 0 amide bonds. The van der Waals surface area contributed by atoms with Gasteiger partial charge in [-0.15, -0.1) is 0 Å². The number of hydrogen-bond donors (Lipinski definition) is 0. The van der Waals surface area contributed by atoms with Crippen LogP contribution in [0.3, 0.4) is 0 Å². The summed E-state index contributed by atoms with van der Waals surface area (Å²) in [5.41, 5.74) is 1.71. The van der Waals surface area contributed by atoms with Crippen LogP contribution in [0.25, 0.3) is 6.08 Å². The van der Waals surface area contributed by atoms with E-state index in [0.29, 0.717) is 41.4 Å². The maximum absolute atomic E-state index is 13.2. The molecule has 0 unspecified atom stereocenters. The van der Waals surface area contributed by atoms with Gasteiger partial charge in [-0.2, -0.15) is 0 Å². The van der Waals surface area contributed by atoms with Gasteiger partial charge in [0.05, 0.1) is 23.0 Å². The summed E-state index contributed by atoms with van der Waals surface area (Å²) in [6.45, 7) is 16.7. The number of ether oxygens (including phenoxy) is 5. The Bertz CT molecular complexity index is 1240. The third kappa shape index (κ3) is 9.93. The van der Waals surface area contributed by atoms with Crippen molar-refractivity contribution < 1.29 is 38.1 Å². The summed E-state index contributed by atoms with van der Waals surface area (Å²) in [6.07, 6.45) is 5.38. The second kappa shape index (κ2) is 15.4. The molecule has 0 fully saturated rings. The van der Waals surface area contributed by atoms with Gasteiger partial charge in [-0.05, 0) is 114 Å². The zero-order valence-corrected chi connectivity index (χ0v) is 26.6. The van der Waals surface area contributed by atoms with E-state index >= 15 is 0 Å². The van der Waals surface area contributed by atoms with E-state index in [1.54, 1.807) is 71.9 Å². The zero-order chi connectivity index (χ0) is 31.5. The molecule has 8 nitrogen and oxygen atoms in total. The number of hydrogen-bond acceptors (Lipinski definition) is 8. The molecule has 0 N–H and O–H groups in total. The molecule has 230 valence electrons. The topological polar surface area (TPSA) is 97.4 Å². The Morgan fingerprint density at radius 3 is 1.69 bits per heavy atom. The lowest BCUT2D eigenvalue weighted by Crippen LogP contribution is -2.25. The first-order valence-electron chi connectivity index (χ1n) is 14.5. The van der Waals surface area contributed by atoms with Crippen molar-refractivity contribution in [3.05, 3.63) is 58.7 Å². The largest absolute Gasteiger partial charge is 0.493 e. The molecule has 0 bridgehead atoms. The van der Waals surface area contributed by atoms with E-state index in [1.165, 1.54) is 6.08 Å². The van der Waals surface area contributed by atoms with Crippen molar-refractivity contribution in [1.82, 2.24) is 0 Å². The average molecular weight is 583 g/mol. The highest BCUT2D eigenvalue weighted by Gasteiger charge is 2.25. The van der Waals surface area contributed by atoms with E-state index in [2.05, 4.69) is 0 Å². The second-order valence-electron chi connectivity index (χ2n) is 11.9. The van der Waals surface area contributed by atoms with Crippen LogP contribution in [0.2, 0.25) is 0 Å². The van der Waals surface area contributed by atoms with E-state index < -0.39 is 10.8 Å². The van der Waals surface area contributed by atoms with Gasteiger partial charge in [0, 0.05) is 5.56 Å². The van der Waals surface area contributed by atoms with Crippen molar-refractivity contribution in [2.45, 2.75) is 81.6 Å². The normalized spacial score (nSPS) is 11.7. The van der Waals surface area contributed by atoms with Crippen molar-refractivity contribution in [1.29, 1.82) is 0 Å². The molecule has 2 rings (SSSR count). The minimum absolute atomic E-state index is 0.217. The first kappa shape index (κ1) is 34.4. The summed E-state index contributed by atoms with van der Waals surface area (Å²) < 4.78 is 28.2. The third-order valence-corrected chi connectivity index (χ3v) is 6.21. The molecule has 8 heteroatoms. The Labute approximate surface area is 250 Å². The van der Waals surface area contributed by atoms with Crippen LogP contribution in [-0.2, 0) is 31.9 Å². The Kier molecular flexibility index (Phi) is 12.6. The number of allylic oxidation sites excluding steroid dienone is 1. The van der Waals surface area contributed by atoms with Gasteiger partial charge >= 0.3 is 11.9 Å². The summed E-state index contributed by atoms with van der Waals surface area (Å²) >= 11 is 0. The average Bonchev–Trinajstić information content (AvgIpc) is 2.94. The third-order valence-electron chi connectivity index (χ3n) is 6.21. The van der Waals surface area contributed by atoms with Gasteiger partial charge in [0.2, 0.25) is 13.6 Å². The first-order chi connectivity index (χ1) is 19.7. The summed E-state index contributed by atoms with van der Waals surface area (Å²) in [6, 6.07) is 8.62. The van der Waals surface area contributed by atoms with Gasteiger partial charge in [0.15, 0.2) is 5.78 Å². The Hall–Kier alpha value is -3.81. The summed E-state index contributed by atoms with van der Waals surface area (Å²) in [7, 11) is 0. The smallest absolute Gasteiger partial charge is 0.314 e. The molecule has 2 aromatic rings. The molecule has 0 saturated carbocycles. The number of carbonyl (C=O) groups is 3. The fraction of sp³-hybridized carbons (Fsp3) is 0.500. The number of esters is 2. The Balaban J connectivity index is 2.32. The van der Waals surface area contributed by atoms with Gasteiger partial charge in [0.1, 0.15) is 17.2 Å². The quantitative estimate of drug-likeness (QED) is 0.0987. The Morgan fingerprint density at radius 2 is 1.21 bits per heavy atom. The molecule has 0 aliphatic rings. The highest BCUT2D eigenvalue weighted by molar-refractivity contribution is 6.07. The summed E-state index contributed by atoms with van der Waals surface area (Å²) in [5, 5.41) is 0. The van der Waals surface area contributed by atoms with Crippen LogP contribution in [-0.4, -0.2) is 37.9 Å². The lowest BCUT2D eigenvalue weighted by atomic mass is 9.97. The van der Waals surface area contributed by atoms with Crippen molar-refractivity contribution in [3.63, 3.8) is 0 Å². The van der Waals surface area contributed by atoms with Crippen molar-refractivity contribution in [2.75, 3.05) is 20.2 Å². The van der Waals surface area contributed by atoms with Crippen molar-refractivity contribution in [2.24, 2.45) is 10.8 Å². The van der Waals surface area contributed by atoms with Gasteiger partial charge in [-0.25, -0.2) is 0 Å². The SMILES string of the molecule is CCCOc1c(CC)cc(CC)c(OCOC(=O)C(C)(C)C)c1C=CC(=O)c1ccc(OCOC(=O)C(C)(C)C)cc1. The predicted molar refractivity (Wildman–Crippen MR) is 163 cm³/mol. The molecule has 0 atom stereocenters. The molecule has 0 aromatic heterocycles. The maximum atomic E-state index is 13.2. The van der Waals surface area contributed by atoms with Crippen LogP contribution in [0.15, 0.2) is 36.4 Å². The number of carbonyl (C=O) groups excluding carboxylic acids is 3. The molecule has 0 radical (unpaired) electrons. The van der Waals surface area contributed by atoms with Gasteiger partial charge in [-0.3, -0.25) is 14.4 Å². The van der Waals surface area contributed by atoms with Crippen LogP contribution >= 0.6 is 0 Å². The minimum atomic E-state index is -0.662. The highest BCUT2D eigenvalue weighted by Crippen LogP contribution is 2.38.